The molecule has 0 aliphatic heterocycles. The molecule has 1 aliphatic rings. The molecular weight excluding hydrogens is 384 g/mol. The zero-order valence-electron chi connectivity index (χ0n) is 17.1. The molecule has 0 unspecified atom stereocenters. The molecule has 1 aliphatic carbocycles. The van der Waals surface area contributed by atoms with Crippen LogP contribution >= 0.6 is 11.8 Å². The predicted molar refractivity (Wildman–Crippen MR) is 116 cm³/mol. The van der Waals surface area contributed by atoms with Crippen LogP contribution in [0.15, 0.2) is 42.1 Å². The molecule has 0 atom stereocenters. The minimum atomic E-state index is 0.0757. The second-order valence-corrected chi connectivity index (χ2v) is 8.31. The fourth-order valence-corrected chi connectivity index (χ4v) is 4.40. The van der Waals surface area contributed by atoms with Gasteiger partial charge in [0.25, 0.3) is 0 Å². The van der Waals surface area contributed by atoms with Crippen molar-refractivity contribution in [1.29, 1.82) is 0 Å². The zero-order chi connectivity index (χ0) is 20.5. The number of thioether (sulfide) groups is 1. The molecule has 29 heavy (non-hydrogen) atoms. The van der Waals surface area contributed by atoms with Crippen molar-refractivity contribution in [3.05, 3.63) is 48.3 Å². The fraction of sp³-hybridized carbons (Fsp3) is 0.500. The topological polar surface area (TPSA) is 69.0 Å². The normalized spacial score (nSPS) is 14.9. The van der Waals surface area contributed by atoms with E-state index in [0.717, 1.165) is 35.1 Å². The first-order valence-electron chi connectivity index (χ1n) is 10.3. The van der Waals surface area contributed by atoms with E-state index in [1.165, 1.54) is 37.4 Å². The van der Waals surface area contributed by atoms with Gasteiger partial charge < -0.3 is 14.6 Å². The number of benzene rings is 1. The maximum absolute atomic E-state index is 12.4. The van der Waals surface area contributed by atoms with Crippen LogP contribution in [0, 0.1) is 0 Å². The lowest BCUT2D eigenvalue weighted by Gasteiger charge is -2.16. The first kappa shape index (κ1) is 21.4. The number of ether oxygens (including phenoxy) is 1. The molecule has 1 N–H and O–H groups in total. The Morgan fingerprint density at radius 2 is 1.97 bits per heavy atom. The van der Waals surface area contributed by atoms with Gasteiger partial charge in [-0.25, -0.2) is 0 Å². The summed E-state index contributed by atoms with van der Waals surface area (Å²) < 4.78 is 7.24. The lowest BCUT2D eigenvalue weighted by molar-refractivity contribution is -0.119. The molecule has 1 saturated carbocycles. The number of carbonyl (C=O) groups excluding carboxylic acids is 1. The Morgan fingerprint density at radius 1 is 1.24 bits per heavy atom. The predicted octanol–water partition coefficient (Wildman–Crippen LogP) is 3.99. The van der Waals surface area contributed by atoms with E-state index >= 15 is 0 Å². The molecule has 1 fully saturated rings. The Bertz CT molecular complexity index is 796. The highest BCUT2D eigenvalue weighted by Crippen LogP contribution is 2.21. The molecule has 7 heteroatoms. The number of carbonyl (C=O) groups is 1. The Kier molecular flexibility index (Phi) is 8.16. The highest BCUT2D eigenvalue weighted by atomic mass is 32.2. The Hall–Kier alpha value is -2.28. The second kappa shape index (κ2) is 11.0. The molecule has 1 aromatic carbocycles. The van der Waals surface area contributed by atoms with Crippen molar-refractivity contribution in [2.75, 3.05) is 12.9 Å². The third-order valence-corrected chi connectivity index (χ3v) is 6.15. The highest BCUT2D eigenvalue weighted by Gasteiger charge is 2.17. The van der Waals surface area contributed by atoms with Gasteiger partial charge >= 0.3 is 0 Å². The summed E-state index contributed by atoms with van der Waals surface area (Å²) in [5, 5.41) is 12.6. The molecule has 0 saturated heterocycles. The quantitative estimate of drug-likeness (QED) is 0.382. The molecule has 0 radical (unpaired) electrons. The third-order valence-electron chi connectivity index (χ3n) is 5.18. The van der Waals surface area contributed by atoms with Gasteiger partial charge in [-0.15, -0.1) is 16.8 Å². The van der Waals surface area contributed by atoms with Gasteiger partial charge in [-0.3, -0.25) is 4.79 Å². The van der Waals surface area contributed by atoms with E-state index in [-0.39, 0.29) is 5.91 Å². The molecular formula is C22H30N4O2S. The summed E-state index contributed by atoms with van der Waals surface area (Å²) in [6.07, 6.45) is 9.66. The fourth-order valence-electron chi connectivity index (χ4n) is 3.62. The summed E-state index contributed by atoms with van der Waals surface area (Å²) in [5.74, 6) is 2.12. The van der Waals surface area contributed by atoms with E-state index in [0.29, 0.717) is 24.8 Å². The average Bonchev–Trinajstić information content (AvgIpc) is 2.92. The van der Waals surface area contributed by atoms with E-state index in [1.54, 1.807) is 7.11 Å². The van der Waals surface area contributed by atoms with E-state index in [1.807, 2.05) is 34.9 Å². The summed E-state index contributed by atoms with van der Waals surface area (Å²) in [5.41, 5.74) is 1.13. The summed E-state index contributed by atoms with van der Waals surface area (Å²) in [6, 6.07) is 8.26. The van der Waals surface area contributed by atoms with Crippen LogP contribution in [-0.4, -0.2) is 39.6 Å². The van der Waals surface area contributed by atoms with Gasteiger partial charge in [0.15, 0.2) is 5.16 Å². The summed E-state index contributed by atoms with van der Waals surface area (Å²) in [6.45, 7) is 4.46. The van der Waals surface area contributed by atoms with E-state index in [9.17, 15) is 4.79 Å². The standard InChI is InChI=1S/C22H30N4O2S/c1-3-14-26-20(15-17-10-12-19(28-2)13-11-17)24-25-22(26)29-16-21(27)23-18-8-6-4-5-7-9-18/h3,10-13,18H,1,4-9,14-16H2,2H3,(H,23,27). The van der Waals surface area contributed by atoms with Gasteiger partial charge in [0, 0.05) is 19.0 Å². The van der Waals surface area contributed by atoms with Gasteiger partial charge in [0.2, 0.25) is 5.91 Å². The largest absolute Gasteiger partial charge is 0.497 e. The Balaban J connectivity index is 1.59. The van der Waals surface area contributed by atoms with Gasteiger partial charge in [0.05, 0.1) is 12.9 Å². The van der Waals surface area contributed by atoms with Crippen LogP contribution in [0.2, 0.25) is 0 Å². The number of methoxy groups -OCH3 is 1. The maximum atomic E-state index is 12.4. The first-order chi connectivity index (χ1) is 14.2. The van der Waals surface area contributed by atoms with Crippen LogP contribution in [-0.2, 0) is 17.8 Å². The number of hydrogen-bond acceptors (Lipinski definition) is 5. The van der Waals surface area contributed by atoms with Crippen molar-refractivity contribution in [3.8, 4) is 5.75 Å². The maximum Gasteiger partial charge on any atom is 0.230 e. The number of rotatable bonds is 9. The lowest BCUT2D eigenvalue weighted by atomic mass is 10.1. The summed E-state index contributed by atoms with van der Waals surface area (Å²) in [7, 11) is 1.66. The van der Waals surface area contributed by atoms with Gasteiger partial charge in [0.1, 0.15) is 11.6 Å². The van der Waals surface area contributed by atoms with Crippen LogP contribution < -0.4 is 10.1 Å². The Labute approximate surface area is 177 Å². The molecule has 0 spiro atoms. The molecule has 6 nitrogen and oxygen atoms in total. The molecule has 156 valence electrons. The lowest BCUT2D eigenvalue weighted by Crippen LogP contribution is -2.35. The molecule has 1 aromatic heterocycles. The molecule has 1 amide bonds. The number of nitrogens with zero attached hydrogens (tertiary/aromatic N) is 3. The summed E-state index contributed by atoms with van der Waals surface area (Å²) >= 11 is 1.44. The number of allylic oxidation sites excluding steroid dienone is 1. The van der Waals surface area contributed by atoms with Crippen molar-refractivity contribution in [2.45, 2.75) is 62.7 Å². The molecule has 2 aromatic rings. The van der Waals surface area contributed by atoms with Crippen LogP contribution in [0.4, 0.5) is 0 Å². The smallest absolute Gasteiger partial charge is 0.230 e. The SMILES string of the molecule is C=CCn1c(Cc2ccc(OC)cc2)nnc1SCC(=O)NC1CCCCCC1. The van der Waals surface area contributed by atoms with E-state index in [4.69, 9.17) is 4.74 Å². The summed E-state index contributed by atoms with van der Waals surface area (Å²) in [4.78, 5) is 12.4. The number of aromatic nitrogens is 3. The first-order valence-corrected chi connectivity index (χ1v) is 11.3. The van der Waals surface area contributed by atoms with E-state index < -0.39 is 0 Å². The second-order valence-electron chi connectivity index (χ2n) is 7.37. The zero-order valence-corrected chi connectivity index (χ0v) is 17.9. The minimum Gasteiger partial charge on any atom is -0.497 e. The number of nitrogens with one attached hydrogen (secondary N) is 1. The van der Waals surface area contributed by atoms with Crippen LogP contribution in [0.1, 0.15) is 49.9 Å². The number of amides is 1. The van der Waals surface area contributed by atoms with Crippen LogP contribution in [0.3, 0.4) is 0 Å². The molecule has 1 heterocycles. The van der Waals surface area contributed by atoms with Crippen LogP contribution in [0.25, 0.3) is 0 Å². The van der Waals surface area contributed by atoms with E-state index in [2.05, 4.69) is 22.1 Å². The van der Waals surface area contributed by atoms with Gasteiger partial charge in [-0.2, -0.15) is 0 Å². The van der Waals surface area contributed by atoms with Crippen molar-refractivity contribution in [2.24, 2.45) is 0 Å². The third kappa shape index (κ3) is 6.35. The minimum absolute atomic E-state index is 0.0757. The van der Waals surface area contributed by atoms with Crippen molar-refractivity contribution < 1.29 is 9.53 Å². The van der Waals surface area contributed by atoms with Crippen molar-refractivity contribution in [3.63, 3.8) is 0 Å². The van der Waals surface area contributed by atoms with Gasteiger partial charge in [-0.1, -0.05) is 55.7 Å². The molecule has 3 rings (SSSR count). The monoisotopic (exact) mass is 414 g/mol. The number of hydrogen-bond donors (Lipinski definition) is 1. The van der Waals surface area contributed by atoms with Crippen molar-refractivity contribution >= 4 is 17.7 Å². The molecule has 0 bridgehead atoms. The van der Waals surface area contributed by atoms with Crippen molar-refractivity contribution in [1.82, 2.24) is 20.1 Å². The van der Waals surface area contributed by atoms with Gasteiger partial charge in [-0.05, 0) is 30.5 Å². The average molecular weight is 415 g/mol. The van der Waals surface area contributed by atoms with Crippen LogP contribution in [0.5, 0.6) is 5.75 Å². The highest BCUT2D eigenvalue weighted by molar-refractivity contribution is 7.99. The Morgan fingerprint density at radius 3 is 2.62 bits per heavy atom.